The van der Waals surface area contributed by atoms with Gasteiger partial charge in [0.25, 0.3) is 0 Å². The van der Waals surface area contributed by atoms with Gasteiger partial charge in [0.15, 0.2) is 0 Å². The number of carbonyl (C=O) groups excluding carboxylic acids is 3. The van der Waals surface area contributed by atoms with E-state index in [4.69, 9.17) is 4.74 Å². The highest BCUT2D eigenvalue weighted by atomic mass is 32.1. The summed E-state index contributed by atoms with van der Waals surface area (Å²) in [5, 5.41) is 15.3. The molecule has 3 amide bonds. The van der Waals surface area contributed by atoms with Gasteiger partial charge < -0.3 is 20.3 Å². The molecule has 2 unspecified atom stereocenters. The zero-order chi connectivity index (χ0) is 29.2. The predicted molar refractivity (Wildman–Crippen MR) is 153 cm³/mol. The zero-order valence-corrected chi connectivity index (χ0v) is 25.0. The number of thiazole rings is 1. The number of amides is 3. The number of likely N-dealkylation sites (tertiary alicyclic amines) is 1. The lowest BCUT2D eigenvalue weighted by Gasteiger charge is -2.35. The largest absolute Gasteiger partial charge is 0.491 e. The summed E-state index contributed by atoms with van der Waals surface area (Å²) < 4.78 is 6.09. The monoisotopic (exact) mass is 565 g/mol. The number of carbonyl (C=O) groups is 3. The highest BCUT2D eigenvalue weighted by Gasteiger charge is 2.53. The van der Waals surface area contributed by atoms with Crippen LogP contribution in [0.5, 0.6) is 5.75 Å². The summed E-state index contributed by atoms with van der Waals surface area (Å²) in [4.78, 5) is 47.0. The van der Waals surface area contributed by atoms with Crippen molar-refractivity contribution in [2.24, 2.45) is 10.8 Å². The maximum Gasteiger partial charge on any atom is 0.246 e. The molecular formula is C30H39N5O4S. The van der Waals surface area contributed by atoms with Gasteiger partial charge in [-0.15, -0.1) is 11.3 Å². The predicted octanol–water partition coefficient (Wildman–Crippen LogP) is 4.35. The number of hydrogen-bond acceptors (Lipinski definition) is 7. The molecule has 2 aliphatic rings. The molecule has 1 aliphatic heterocycles. The SMILES string of the molecule is Cc1ncsc1-c1ccc(CNC(=O)C2CCCN2C(=O)C(NC(=O)C2(C#N)CC2)C(C)(C)C)c(OC(C)C)c1. The molecule has 1 saturated carbocycles. The molecule has 214 valence electrons. The van der Waals surface area contributed by atoms with Crippen molar-refractivity contribution >= 4 is 29.1 Å². The molecule has 0 radical (unpaired) electrons. The molecule has 9 nitrogen and oxygen atoms in total. The first-order valence-electron chi connectivity index (χ1n) is 13.9. The second-order valence-electron chi connectivity index (χ2n) is 12.1. The lowest BCUT2D eigenvalue weighted by Crippen LogP contribution is -2.58. The van der Waals surface area contributed by atoms with Crippen LogP contribution in [0.1, 0.15) is 71.6 Å². The van der Waals surface area contributed by atoms with Crippen LogP contribution in [-0.2, 0) is 20.9 Å². The third-order valence-corrected chi connectivity index (χ3v) is 8.49. The van der Waals surface area contributed by atoms with E-state index < -0.39 is 28.8 Å². The van der Waals surface area contributed by atoms with Crippen molar-refractivity contribution in [3.63, 3.8) is 0 Å². The Labute approximate surface area is 240 Å². The fraction of sp³-hybridized carbons (Fsp3) is 0.567. The van der Waals surface area contributed by atoms with E-state index in [-0.39, 0.29) is 24.5 Å². The van der Waals surface area contributed by atoms with Gasteiger partial charge in [-0.25, -0.2) is 4.98 Å². The van der Waals surface area contributed by atoms with Gasteiger partial charge in [0.05, 0.1) is 28.3 Å². The standard InChI is InChI=1S/C30H39N5O4S/c1-18(2)39-23-14-20(24-19(3)33-17-40-24)9-10-21(23)15-32-26(36)22-8-7-13-35(22)27(37)25(29(4,5)6)34-28(38)30(16-31)11-12-30/h9-10,14,17-18,22,25H,7-8,11-13,15H2,1-6H3,(H,32,36)(H,34,38). The van der Waals surface area contributed by atoms with Crippen molar-refractivity contribution in [1.82, 2.24) is 20.5 Å². The quantitative estimate of drug-likeness (QED) is 0.466. The van der Waals surface area contributed by atoms with E-state index in [2.05, 4.69) is 21.7 Å². The van der Waals surface area contributed by atoms with Crippen LogP contribution in [0.2, 0.25) is 0 Å². The maximum atomic E-state index is 13.7. The van der Waals surface area contributed by atoms with E-state index in [0.29, 0.717) is 38.0 Å². The molecular weight excluding hydrogens is 526 g/mol. The maximum absolute atomic E-state index is 13.7. The first-order valence-corrected chi connectivity index (χ1v) is 14.7. The fourth-order valence-electron chi connectivity index (χ4n) is 4.99. The Morgan fingerprint density at radius 1 is 1.27 bits per heavy atom. The average Bonchev–Trinajstić information content (AvgIpc) is 3.32. The van der Waals surface area contributed by atoms with Crippen molar-refractivity contribution in [2.75, 3.05) is 6.54 Å². The lowest BCUT2D eigenvalue weighted by molar-refractivity contribution is -0.144. The molecule has 10 heteroatoms. The number of aromatic nitrogens is 1. The summed E-state index contributed by atoms with van der Waals surface area (Å²) in [6, 6.07) is 6.57. The van der Waals surface area contributed by atoms with Gasteiger partial charge in [-0.3, -0.25) is 14.4 Å². The minimum atomic E-state index is -1.03. The zero-order valence-electron chi connectivity index (χ0n) is 24.2. The summed E-state index contributed by atoms with van der Waals surface area (Å²) in [5.41, 5.74) is 3.00. The summed E-state index contributed by atoms with van der Waals surface area (Å²) in [6.45, 7) is 12.2. The average molecular weight is 566 g/mol. The molecule has 1 aliphatic carbocycles. The number of ether oxygens (including phenoxy) is 1. The van der Waals surface area contributed by atoms with Crippen LogP contribution >= 0.6 is 11.3 Å². The summed E-state index contributed by atoms with van der Waals surface area (Å²) in [5.74, 6) is -0.237. The molecule has 40 heavy (non-hydrogen) atoms. The van der Waals surface area contributed by atoms with Gasteiger partial charge in [-0.2, -0.15) is 5.26 Å². The van der Waals surface area contributed by atoms with Gasteiger partial charge in [0, 0.05) is 18.7 Å². The first-order chi connectivity index (χ1) is 18.9. The van der Waals surface area contributed by atoms with Gasteiger partial charge in [0.2, 0.25) is 17.7 Å². The highest BCUT2D eigenvalue weighted by molar-refractivity contribution is 7.13. The number of nitrogens with one attached hydrogen (secondary N) is 2. The Hall–Kier alpha value is -3.45. The Kier molecular flexibility index (Phi) is 8.55. The molecule has 2 atom stereocenters. The van der Waals surface area contributed by atoms with Crippen LogP contribution in [0.25, 0.3) is 10.4 Å². The van der Waals surface area contributed by atoms with Gasteiger partial charge >= 0.3 is 0 Å². The Balaban J connectivity index is 1.47. The van der Waals surface area contributed by atoms with Crippen LogP contribution < -0.4 is 15.4 Å². The van der Waals surface area contributed by atoms with Gasteiger partial charge in [-0.05, 0) is 63.5 Å². The third-order valence-electron chi connectivity index (χ3n) is 7.52. The molecule has 1 aromatic carbocycles. The van der Waals surface area contributed by atoms with Crippen molar-refractivity contribution in [1.29, 1.82) is 5.26 Å². The van der Waals surface area contributed by atoms with E-state index in [1.165, 1.54) is 0 Å². The van der Waals surface area contributed by atoms with E-state index in [1.807, 2.05) is 65.3 Å². The number of rotatable bonds is 9. The molecule has 4 rings (SSSR count). The summed E-state index contributed by atoms with van der Waals surface area (Å²) in [6.07, 6.45) is 2.20. The van der Waals surface area contributed by atoms with Gasteiger partial charge in [-0.1, -0.05) is 32.9 Å². The molecule has 0 bridgehead atoms. The van der Waals surface area contributed by atoms with Crippen LogP contribution in [0.4, 0.5) is 0 Å². The Morgan fingerprint density at radius 2 is 2.00 bits per heavy atom. The molecule has 2 fully saturated rings. The molecule has 1 saturated heterocycles. The normalized spacial score (nSPS) is 18.6. The fourth-order valence-corrected chi connectivity index (χ4v) is 5.79. The van der Waals surface area contributed by atoms with E-state index in [9.17, 15) is 19.6 Å². The Morgan fingerprint density at radius 3 is 2.58 bits per heavy atom. The molecule has 2 aromatic rings. The smallest absolute Gasteiger partial charge is 0.246 e. The summed E-state index contributed by atoms with van der Waals surface area (Å²) >= 11 is 1.57. The molecule has 2 heterocycles. The van der Waals surface area contributed by atoms with Crippen LogP contribution in [-0.4, -0.2) is 52.3 Å². The second kappa shape index (κ2) is 11.6. The highest BCUT2D eigenvalue weighted by Crippen LogP contribution is 2.45. The number of nitrogens with zero attached hydrogens (tertiary/aromatic N) is 3. The third kappa shape index (κ3) is 6.30. The van der Waals surface area contributed by atoms with Crippen molar-refractivity contribution in [2.45, 2.75) is 92.0 Å². The van der Waals surface area contributed by atoms with E-state index in [1.54, 1.807) is 16.2 Å². The molecule has 0 spiro atoms. The summed E-state index contributed by atoms with van der Waals surface area (Å²) in [7, 11) is 0. The van der Waals surface area contributed by atoms with Crippen LogP contribution in [0.15, 0.2) is 23.7 Å². The van der Waals surface area contributed by atoms with E-state index in [0.717, 1.165) is 21.7 Å². The lowest BCUT2D eigenvalue weighted by atomic mass is 9.85. The number of nitriles is 1. The minimum Gasteiger partial charge on any atom is -0.491 e. The van der Waals surface area contributed by atoms with Crippen molar-refractivity contribution in [3.05, 3.63) is 35.0 Å². The topological polar surface area (TPSA) is 124 Å². The first kappa shape index (κ1) is 29.5. The van der Waals surface area contributed by atoms with Crippen molar-refractivity contribution < 1.29 is 19.1 Å². The van der Waals surface area contributed by atoms with Gasteiger partial charge in [0.1, 0.15) is 23.2 Å². The van der Waals surface area contributed by atoms with Crippen molar-refractivity contribution in [3.8, 4) is 22.3 Å². The Bertz CT molecular complexity index is 1320. The molecule has 1 aromatic heterocycles. The number of benzene rings is 1. The van der Waals surface area contributed by atoms with Crippen LogP contribution in [0.3, 0.4) is 0 Å². The number of aryl methyl sites for hydroxylation is 1. The van der Waals surface area contributed by atoms with E-state index >= 15 is 0 Å². The van der Waals surface area contributed by atoms with Crippen LogP contribution in [0, 0.1) is 29.1 Å². The number of hydrogen-bond donors (Lipinski definition) is 2. The second-order valence-corrected chi connectivity index (χ2v) is 13.0. The molecule has 2 N–H and O–H groups in total. The minimum absolute atomic E-state index is 0.0458.